The third-order valence-corrected chi connectivity index (χ3v) is 7.30. The number of rotatable bonds is 4. The Kier molecular flexibility index (Phi) is 5.87. The minimum Gasteiger partial charge on any atom is -0.325 e. The number of benzene rings is 3. The maximum absolute atomic E-state index is 13.7. The summed E-state index contributed by atoms with van der Waals surface area (Å²) in [5.41, 5.74) is 10.9. The highest BCUT2D eigenvalue weighted by Crippen LogP contribution is 2.39. The van der Waals surface area contributed by atoms with Crippen LogP contribution in [0.1, 0.15) is 33.9 Å². The smallest absolute Gasteiger partial charge is 0.240 e. The lowest BCUT2D eigenvalue weighted by molar-refractivity contribution is -0.116. The number of hydrogen-bond acceptors (Lipinski definition) is 5. The molecule has 6 nitrogen and oxygen atoms in total. The number of aromatic nitrogens is 3. The number of thioether (sulfide) groups is 1. The maximum Gasteiger partial charge on any atom is 0.240 e. The van der Waals surface area contributed by atoms with Crippen molar-refractivity contribution in [3.8, 4) is 11.4 Å². The number of nitrogens with one attached hydrogen (secondary N) is 2. The topological polar surface area (TPSA) is 71.8 Å². The number of hydrogen-bond donors (Lipinski definition) is 2. The van der Waals surface area contributed by atoms with Gasteiger partial charge in [0.05, 0.1) is 6.04 Å². The molecule has 0 saturated heterocycles. The highest BCUT2D eigenvalue weighted by Gasteiger charge is 2.38. The molecule has 0 fully saturated rings. The Hall–Kier alpha value is -3.58. The molecule has 0 radical (unpaired) electrons. The number of fused-ring (bicyclic) bond motifs is 1. The van der Waals surface area contributed by atoms with Crippen molar-refractivity contribution in [3.63, 3.8) is 0 Å². The monoisotopic (exact) mass is 469 g/mol. The molecule has 4 aromatic rings. The molecule has 0 unspecified atom stereocenters. The Labute approximate surface area is 203 Å². The lowest BCUT2D eigenvalue weighted by Gasteiger charge is -2.33. The van der Waals surface area contributed by atoms with E-state index in [0.29, 0.717) is 5.16 Å². The molecular weight excluding hydrogens is 442 g/mol. The molecule has 5 rings (SSSR count). The summed E-state index contributed by atoms with van der Waals surface area (Å²) >= 11 is 1.44. The fourth-order valence-electron chi connectivity index (χ4n) is 4.42. The lowest BCUT2D eigenvalue weighted by atomic mass is 10.0. The van der Waals surface area contributed by atoms with Crippen molar-refractivity contribution in [1.29, 1.82) is 0 Å². The second-order valence-corrected chi connectivity index (χ2v) is 9.94. The molecule has 1 aliphatic heterocycles. The van der Waals surface area contributed by atoms with E-state index in [0.717, 1.165) is 33.8 Å². The van der Waals surface area contributed by atoms with Gasteiger partial charge in [0.1, 0.15) is 5.25 Å². The van der Waals surface area contributed by atoms with Gasteiger partial charge in [-0.1, -0.05) is 89.6 Å². The maximum atomic E-state index is 13.7. The zero-order valence-corrected chi connectivity index (χ0v) is 20.5. The third-order valence-electron chi connectivity index (χ3n) is 6.09. The van der Waals surface area contributed by atoms with E-state index in [9.17, 15) is 4.79 Å². The van der Waals surface area contributed by atoms with Gasteiger partial charge in [-0.25, -0.2) is 4.68 Å². The van der Waals surface area contributed by atoms with E-state index in [-0.39, 0.29) is 11.9 Å². The Morgan fingerprint density at radius 2 is 1.59 bits per heavy atom. The van der Waals surface area contributed by atoms with E-state index in [2.05, 4.69) is 71.2 Å². The van der Waals surface area contributed by atoms with Crippen LogP contribution in [-0.2, 0) is 4.79 Å². The van der Waals surface area contributed by atoms with Crippen molar-refractivity contribution in [3.05, 3.63) is 94.5 Å². The van der Waals surface area contributed by atoms with Gasteiger partial charge in [-0.05, 0) is 44.4 Å². The van der Waals surface area contributed by atoms with Gasteiger partial charge in [-0.2, -0.15) is 0 Å². The van der Waals surface area contributed by atoms with Gasteiger partial charge < -0.3 is 10.7 Å². The molecule has 172 valence electrons. The van der Waals surface area contributed by atoms with E-state index in [1.54, 1.807) is 0 Å². The highest BCUT2D eigenvalue weighted by molar-refractivity contribution is 8.00. The molecular formula is C27H27N5OS. The second kappa shape index (κ2) is 8.99. The SMILES string of the molecule is Cc1ccc([C@@H]2Nn3c(nnc3-c3ccccc3)S[C@@H]2C(=O)Nc2c(C)cc(C)cc2C)cc1. The Morgan fingerprint density at radius 1 is 0.912 bits per heavy atom. The molecule has 0 bridgehead atoms. The van der Waals surface area contributed by atoms with Gasteiger partial charge in [0.25, 0.3) is 0 Å². The van der Waals surface area contributed by atoms with Gasteiger partial charge in [0, 0.05) is 11.3 Å². The number of anilines is 1. The molecule has 2 heterocycles. The Balaban J connectivity index is 1.53. The average Bonchev–Trinajstić information content (AvgIpc) is 3.24. The molecule has 0 spiro atoms. The first-order valence-corrected chi connectivity index (χ1v) is 12.2. The molecule has 0 aliphatic carbocycles. The van der Waals surface area contributed by atoms with E-state index >= 15 is 0 Å². The van der Waals surface area contributed by atoms with E-state index in [4.69, 9.17) is 0 Å². The zero-order chi connectivity index (χ0) is 23.8. The number of carbonyl (C=O) groups excluding carboxylic acids is 1. The summed E-state index contributed by atoms with van der Waals surface area (Å²) in [7, 11) is 0. The van der Waals surface area contributed by atoms with Crippen LogP contribution < -0.4 is 10.7 Å². The van der Waals surface area contributed by atoms with Crippen LogP contribution in [0.2, 0.25) is 0 Å². The van der Waals surface area contributed by atoms with Crippen LogP contribution in [0.3, 0.4) is 0 Å². The fourth-order valence-corrected chi connectivity index (χ4v) is 5.50. The molecule has 2 N–H and O–H groups in total. The van der Waals surface area contributed by atoms with Crippen molar-refractivity contribution < 1.29 is 4.79 Å². The van der Waals surface area contributed by atoms with Crippen molar-refractivity contribution in [1.82, 2.24) is 14.9 Å². The molecule has 1 aliphatic rings. The van der Waals surface area contributed by atoms with Crippen LogP contribution in [0, 0.1) is 27.7 Å². The van der Waals surface area contributed by atoms with Crippen LogP contribution >= 0.6 is 11.8 Å². The summed E-state index contributed by atoms with van der Waals surface area (Å²) < 4.78 is 1.90. The van der Waals surface area contributed by atoms with E-state index in [1.165, 1.54) is 22.9 Å². The van der Waals surface area contributed by atoms with E-state index in [1.807, 2.05) is 48.9 Å². The summed E-state index contributed by atoms with van der Waals surface area (Å²) in [4.78, 5) is 13.7. The Morgan fingerprint density at radius 3 is 2.26 bits per heavy atom. The van der Waals surface area contributed by atoms with Crippen molar-refractivity contribution in [2.45, 2.75) is 44.1 Å². The lowest BCUT2D eigenvalue weighted by Crippen LogP contribution is -2.41. The molecule has 1 amide bonds. The second-order valence-electron chi connectivity index (χ2n) is 8.83. The van der Waals surface area contributed by atoms with Gasteiger partial charge >= 0.3 is 0 Å². The summed E-state index contributed by atoms with van der Waals surface area (Å²) in [5, 5.41) is 12.3. The van der Waals surface area contributed by atoms with Gasteiger partial charge in [-0.3, -0.25) is 4.79 Å². The number of nitrogens with zero attached hydrogens (tertiary/aromatic N) is 3. The quantitative estimate of drug-likeness (QED) is 0.408. The summed E-state index contributed by atoms with van der Waals surface area (Å²) in [6.45, 7) is 8.19. The molecule has 1 aromatic heterocycles. The standard InChI is InChI=1S/C27H27N5OS/c1-16-10-12-20(13-11-16)23-24(26(33)28-22-18(3)14-17(2)15-19(22)4)34-27-30-29-25(32(27)31-23)21-8-6-5-7-9-21/h5-15,23-24,31H,1-4H3,(H,28,33)/t23-,24-/m0/s1. The molecule has 0 saturated carbocycles. The summed E-state index contributed by atoms with van der Waals surface area (Å²) in [6.07, 6.45) is 0. The van der Waals surface area contributed by atoms with Gasteiger partial charge in [0.15, 0.2) is 5.82 Å². The first kappa shape index (κ1) is 22.2. The normalized spacial score (nSPS) is 17.1. The first-order valence-electron chi connectivity index (χ1n) is 11.3. The van der Waals surface area contributed by atoms with Gasteiger partial charge in [0.2, 0.25) is 11.1 Å². The van der Waals surface area contributed by atoms with Gasteiger partial charge in [-0.15, -0.1) is 10.2 Å². The molecule has 7 heteroatoms. The predicted molar refractivity (Wildman–Crippen MR) is 138 cm³/mol. The zero-order valence-electron chi connectivity index (χ0n) is 19.7. The molecule has 3 aromatic carbocycles. The fraction of sp³-hybridized carbons (Fsp3) is 0.222. The predicted octanol–water partition coefficient (Wildman–Crippen LogP) is 5.58. The minimum atomic E-state index is -0.428. The van der Waals surface area contributed by atoms with Crippen LogP contribution in [0.5, 0.6) is 0 Å². The average molecular weight is 470 g/mol. The first-order chi connectivity index (χ1) is 16.4. The minimum absolute atomic E-state index is 0.0614. The number of carbonyl (C=O) groups is 1. The van der Waals surface area contributed by atoms with Crippen LogP contribution in [0.4, 0.5) is 5.69 Å². The Bertz CT molecular complexity index is 1320. The number of aryl methyl sites for hydroxylation is 4. The molecule has 2 atom stereocenters. The number of amides is 1. The van der Waals surface area contributed by atoms with Crippen molar-refractivity contribution in [2.24, 2.45) is 0 Å². The van der Waals surface area contributed by atoms with E-state index < -0.39 is 5.25 Å². The molecule has 34 heavy (non-hydrogen) atoms. The van der Waals surface area contributed by atoms with Crippen molar-refractivity contribution in [2.75, 3.05) is 10.7 Å². The van der Waals surface area contributed by atoms with Crippen LogP contribution in [0.15, 0.2) is 71.9 Å². The summed E-state index contributed by atoms with van der Waals surface area (Å²) in [5.74, 6) is 0.665. The summed E-state index contributed by atoms with van der Waals surface area (Å²) in [6, 6.07) is 22.2. The highest BCUT2D eigenvalue weighted by atomic mass is 32.2. The van der Waals surface area contributed by atoms with Crippen molar-refractivity contribution >= 4 is 23.4 Å². The largest absolute Gasteiger partial charge is 0.325 e. The van der Waals surface area contributed by atoms with Crippen LogP contribution in [-0.4, -0.2) is 26.0 Å². The van der Waals surface area contributed by atoms with Crippen LogP contribution in [0.25, 0.3) is 11.4 Å². The third kappa shape index (κ3) is 4.19.